The number of esters is 1. The zero-order valence-electron chi connectivity index (χ0n) is 9.24. The van der Waals surface area contributed by atoms with Crippen LogP contribution in [0.15, 0.2) is 17.0 Å². The molecule has 84 valence electrons. The molecule has 0 saturated heterocycles. The molecule has 0 aromatic carbocycles. The van der Waals surface area contributed by atoms with Crippen molar-refractivity contribution in [1.29, 1.82) is 0 Å². The van der Waals surface area contributed by atoms with Gasteiger partial charge in [0, 0.05) is 0 Å². The second kappa shape index (κ2) is 4.93. The molecule has 0 aliphatic rings. The van der Waals surface area contributed by atoms with Crippen LogP contribution in [0.4, 0.5) is 0 Å². The summed E-state index contributed by atoms with van der Waals surface area (Å²) in [7, 11) is 0. The molecule has 0 amide bonds. The maximum absolute atomic E-state index is 11.3. The summed E-state index contributed by atoms with van der Waals surface area (Å²) in [5.41, 5.74) is -0.439. The number of rotatable bonds is 4. The largest absolute Gasteiger partial charge is 0.459 e. The number of oxazole rings is 1. The Morgan fingerprint density at radius 1 is 1.60 bits per heavy atom. The third-order valence-electron chi connectivity index (χ3n) is 1.47. The average Bonchev–Trinajstić information content (AvgIpc) is 2.53. The first-order chi connectivity index (χ1) is 6.97. The van der Waals surface area contributed by atoms with Crippen LogP contribution in [-0.2, 0) is 16.1 Å². The highest BCUT2D eigenvalue weighted by atomic mass is 16.6. The lowest BCUT2D eigenvalue weighted by atomic mass is 10.2. The lowest BCUT2D eigenvalue weighted by Crippen LogP contribution is -2.31. The predicted octanol–water partition coefficient (Wildman–Crippen LogP) is 1.11. The van der Waals surface area contributed by atoms with Gasteiger partial charge < -0.3 is 9.15 Å². The molecule has 0 spiro atoms. The topological polar surface area (TPSA) is 64.4 Å². The molecule has 1 N–H and O–H groups in total. The summed E-state index contributed by atoms with van der Waals surface area (Å²) in [6.45, 7) is 6.14. The van der Waals surface area contributed by atoms with E-state index in [0.717, 1.165) is 0 Å². The summed E-state index contributed by atoms with van der Waals surface area (Å²) in [5, 5.41) is 2.90. The van der Waals surface area contributed by atoms with E-state index in [-0.39, 0.29) is 12.5 Å². The minimum atomic E-state index is -0.439. The Kier molecular flexibility index (Phi) is 3.85. The molecule has 1 rings (SSSR count). The quantitative estimate of drug-likeness (QED) is 0.757. The maximum atomic E-state index is 11.3. The summed E-state index contributed by atoms with van der Waals surface area (Å²) in [5.74, 6) is 0.417. The molecule has 0 radical (unpaired) electrons. The number of aromatic nitrogens is 1. The Bertz CT molecular complexity index is 301. The van der Waals surface area contributed by atoms with Gasteiger partial charge in [-0.3, -0.25) is 10.1 Å². The smallest absolute Gasteiger partial charge is 0.320 e. The number of nitrogens with zero attached hydrogens (tertiary/aromatic N) is 1. The van der Waals surface area contributed by atoms with Crippen LogP contribution in [0.5, 0.6) is 0 Å². The van der Waals surface area contributed by atoms with Gasteiger partial charge in [-0.1, -0.05) is 0 Å². The van der Waals surface area contributed by atoms with Crippen LogP contribution in [0.1, 0.15) is 26.5 Å². The number of ether oxygens (including phenoxy) is 1. The highest BCUT2D eigenvalue weighted by Crippen LogP contribution is 2.06. The Balaban J connectivity index is 2.18. The average molecular weight is 212 g/mol. The second-order valence-corrected chi connectivity index (χ2v) is 4.16. The van der Waals surface area contributed by atoms with Crippen LogP contribution >= 0.6 is 0 Å². The zero-order valence-corrected chi connectivity index (χ0v) is 9.24. The van der Waals surface area contributed by atoms with E-state index >= 15 is 0 Å². The van der Waals surface area contributed by atoms with Crippen molar-refractivity contribution in [2.24, 2.45) is 0 Å². The molecular weight excluding hydrogens is 196 g/mol. The van der Waals surface area contributed by atoms with E-state index in [4.69, 9.17) is 9.15 Å². The van der Waals surface area contributed by atoms with Crippen LogP contribution in [0.3, 0.4) is 0 Å². The second-order valence-electron chi connectivity index (χ2n) is 4.16. The summed E-state index contributed by atoms with van der Waals surface area (Å²) in [6, 6.07) is 0. The third-order valence-corrected chi connectivity index (χ3v) is 1.47. The van der Waals surface area contributed by atoms with Gasteiger partial charge in [-0.2, -0.15) is 0 Å². The molecule has 0 saturated carbocycles. The Labute approximate surface area is 88.8 Å². The molecule has 15 heavy (non-hydrogen) atoms. The van der Waals surface area contributed by atoms with Crippen molar-refractivity contribution >= 4 is 5.97 Å². The Hall–Kier alpha value is -1.36. The molecule has 0 unspecified atom stereocenters. The number of nitrogens with one attached hydrogen (secondary N) is 1. The maximum Gasteiger partial charge on any atom is 0.320 e. The molecular formula is C10H16N2O3. The lowest BCUT2D eigenvalue weighted by molar-refractivity contribution is -0.153. The van der Waals surface area contributed by atoms with Crippen molar-refractivity contribution in [3.8, 4) is 0 Å². The van der Waals surface area contributed by atoms with Gasteiger partial charge in [-0.05, 0) is 20.8 Å². The van der Waals surface area contributed by atoms with Gasteiger partial charge in [0.25, 0.3) is 0 Å². The van der Waals surface area contributed by atoms with Gasteiger partial charge in [0.2, 0.25) is 0 Å². The fourth-order valence-corrected chi connectivity index (χ4v) is 0.995. The fraction of sp³-hybridized carbons (Fsp3) is 0.600. The van der Waals surface area contributed by atoms with Crippen molar-refractivity contribution in [2.75, 3.05) is 6.54 Å². The Morgan fingerprint density at radius 2 is 2.33 bits per heavy atom. The number of carbonyl (C=O) groups is 1. The first-order valence-electron chi connectivity index (χ1n) is 4.77. The first kappa shape index (κ1) is 11.7. The van der Waals surface area contributed by atoms with E-state index in [1.807, 2.05) is 20.8 Å². The summed E-state index contributed by atoms with van der Waals surface area (Å²) in [4.78, 5) is 15.0. The van der Waals surface area contributed by atoms with Crippen molar-refractivity contribution < 1.29 is 13.9 Å². The molecule has 1 heterocycles. The predicted molar refractivity (Wildman–Crippen MR) is 54.1 cm³/mol. The number of hydrogen-bond donors (Lipinski definition) is 1. The van der Waals surface area contributed by atoms with Crippen LogP contribution in [0, 0.1) is 0 Å². The highest BCUT2D eigenvalue weighted by molar-refractivity contribution is 5.72. The molecule has 5 nitrogen and oxygen atoms in total. The normalized spacial score (nSPS) is 11.4. The zero-order chi connectivity index (χ0) is 11.3. The molecule has 0 aliphatic heterocycles. The standard InChI is InChI=1S/C10H16N2O3/c1-10(2,3)15-9(13)6-11-4-8-5-12-7-14-8/h5,7,11H,4,6H2,1-3H3. The van der Waals surface area contributed by atoms with Crippen LogP contribution in [0.2, 0.25) is 0 Å². The van der Waals surface area contributed by atoms with E-state index < -0.39 is 5.60 Å². The van der Waals surface area contributed by atoms with E-state index in [2.05, 4.69) is 10.3 Å². The van der Waals surface area contributed by atoms with E-state index in [0.29, 0.717) is 12.3 Å². The molecule has 0 atom stereocenters. The monoisotopic (exact) mass is 212 g/mol. The fourth-order valence-electron chi connectivity index (χ4n) is 0.995. The van der Waals surface area contributed by atoms with Gasteiger partial charge >= 0.3 is 5.97 Å². The van der Waals surface area contributed by atoms with Crippen LogP contribution in [0.25, 0.3) is 0 Å². The number of hydrogen-bond acceptors (Lipinski definition) is 5. The first-order valence-corrected chi connectivity index (χ1v) is 4.77. The van der Waals surface area contributed by atoms with Gasteiger partial charge in [0.1, 0.15) is 11.4 Å². The molecule has 1 aromatic heterocycles. The minimum absolute atomic E-state index is 0.165. The van der Waals surface area contributed by atoms with Crippen LogP contribution < -0.4 is 5.32 Å². The summed E-state index contributed by atoms with van der Waals surface area (Å²) < 4.78 is 10.1. The van der Waals surface area contributed by atoms with Crippen molar-refractivity contribution in [3.63, 3.8) is 0 Å². The minimum Gasteiger partial charge on any atom is -0.459 e. The van der Waals surface area contributed by atoms with Crippen molar-refractivity contribution in [1.82, 2.24) is 10.3 Å². The van der Waals surface area contributed by atoms with Crippen LogP contribution in [-0.4, -0.2) is 23.1 Å². The van der Waals surface area contributed by atoms with E-state index in [1.165, 1.54) is 6.39 Å². The van der Waals surface area contributed by atoms with Crippen molar-refractivity contribution in [3.05, 3.63) is 18.4 Å². The molecule has 5 heteroatoms. The van der Waals surface area contributed by atoms with Gasteiger partial charge in [0.15, 0.2) is 6.39 Å². The summed E-state index contributed by atoms with van der Waals surface area (Å²) in [6.07, 6.45) is 2.95. The van der Waals surface area contributed by atoms with E-state index in [1.54, 1.807) is 6.20 Å². The molecule has 0 bridgehead atoms. The number of carbonyl (C=O) groups excluding carboxylic acids is 1. The van der Waals surface area contributed by atoms with Gasteiger partial charge in [-0.15, -0.1) is 0 Å². The molecule has 0 fully saturated rings. The lowest BCUT2D eigenvalue weighted by Gasteiger charge is -2.19. The van der Waals surface area contributed by atoms with Crippen molar-refractivity contribution in [2.45, 2.75) is 32.9 Å². The molecule has 1 aromatic rings. The highest BCUT2D eigenvalue weighted by Gasteiger charge is 2.15. The van der Waals surface area contributed by atoms with E-state index in [9.17, 15) is 4.79 Å². The summed E-state index contributed by atoms with van der Waals surface area (Å²) >= 11 is 0. The van der Waals surface area contributed by atoms with Gasteiger partial charge in [-0.25, -0.2) is 4.98 Å². The Morgan fingerprint density at radius 3 is 2.87 bits per heavy atom. The molecule has 0 aliphatic carbocycles. The van der Waals surface area contributed by atoms with Gasteiger partial charge in [0.05, 0.1) is 19.3 Å². The SMILES string of the molecule is CC(C)(C)OC(=O)CNCc1cnco1. The third kappa shape index (κ3) is 5.17.